The van der Waals surface area contributed by atoms with Crippen molar-refractivity contribution in [2.45, 2.75) is 58.1 Å². The highest BCUT2D eigenvalue weighted by Crippen LogP contribution is 2.21. The van der Waals surface area contributed by atoms with Gasteiger partial charge in [0.1, 0.15) is 0 Å². The van der Waals surface area contributed by atoms with E-state index in [1.807, 2.05) is 0 Å². The lowest BCUT2D eigenvalue weighted by Crippen LogP contribution is -2.50. The molecule has 2 atom stereocenters. The van der Waals surface area contributed by atoms with Crippen molar-refractivity contribution in [3.63, 3.8) is 0 Å². The molecule has 0 bridgehead atoms. The first-order valence-electron chi connectivity index (χ1n) is 8.35. The molecule has 2 saturated heterocycles. The highest BCUT2D eigenvalue weighted by atomic mass is 16.5. The molecule has 22 heavy (non-hydrogen) atoms. The molecule has 2 fully saturated rings. The van der Waals surface area contributed by atoms with E-state index in [2.05, 4.69) is 19.2 Å². The number of nitrogens with one attached hydrogen (secondary N) is 1. The number of piperidine rings is 1. The molecule has 0 aliphatic carbocycles. The molecule has 0 aromatic heterocycles. The van der Waals surface area contributed by atoms with Crippen LogP contribution in [-0.2, 0) is 9.53 Å². The van der Waals surface area contributed by atoms with Gasteiger partial charge in [-0.1, -0.05) is 13.8 Å². The lowest BCUT2D eigenvalue weighted by Gasteiger charge is -2.35. The van der Waals surface area contributed by atoms with Gasteiger partial charge in [-0.05, 0) is 38.0 Å². The van der Waals surface area contributed by atoms with Gasteiger partial charge in [-0.25, -0.2) is 4.79 Å². The quantitative estimate of drug-likeness (QED) is 0.833. The smallest absolute Gasteiger partial charge is 0.317 e. The van der Waals surface area contributed by atoms with Crippen molar-refractivity contribution >= 4 is 12.0 Å². The molecule has 2 unspecified atom stereocenters. The number of amides is 2. The zero-order valence-corrected chi connectivity index (χ0v) is 13.6. The Hall–Kier alpha value is -1.30. The fraction of sp³-hybridized carbons (Fsp3) is 0.875. The fourth-order valence-corrected chi connectivity index (χ4v) is 3.30. The summed E-state index contributed by atoms with van der Waals surface area (Å²) in [5.41, 5.74) is 0. The van der Waals surface area contributed by atoms with Crippen LogP contribution in [-0.4, -0.2) is 53.8 Å². The van der Waals surface area contributed by atoms with Crippen LogP contribution in [0.2, 0.25) is 0 Å². The van der Waals surface area contributed by atoms with E-state index in [4.69, 9.17) is 9.84 Å². The van der Waals surface area contributed by atoms with Gasteiger partial charge in [0.15, 0.2) is 0 Å². The molecule has 2 rings (SSSR count). The number of ether oxygens (including phenoxy) is 1. The van der Waals surface area contributed by atoms with E-state index in [-0.39, 0.29) is 24.1 Å². The second kappa shape index (κ2) is 7.81. The molecule has 2 amide bonds. The molecule has 6 nitrogen and oxygen atoms in total. The predicted octanol–water partition coefficient (Wildman–Crippen LogP) is 2.09. The normalized spacial score (nSPS) is 27.0. The summed E-state index contributed by atoms with van der Waals surface area (Å²) < 4.78 is 5.76. The van der Waals surface area contributed by atoms with Crippen molar-refractivity contribution in [2.75, 3.05) is 19.7 Å². The van der Waals surface area contributed by atoms with Gasteiger partial charge in [-0.15, -0.1) is 0 Å². The van der Waals surface area contributed by atoms with Gasteiger partial charge < -0.3 is 20.1 Å². The van der Waals surface area contributed by atoms with E-state index in [1.165, 1.54) is 0 Å². The van der Waals surface area contributed by atoms with Gasteiger partial charge in [0.2, 0.25) is 0 Å². The van der Waals surface area contributed by atoms with Gasteiger partial charge in [0.25, 0.3) is 0 Å². The number of carbonyl (C=O) groups excluding carboxylic acids is 1. The summed E-state index contributed by atoms with van der Waals surface area (Å²) in [6.45, 7) is 6.11. The predicted molar refractivity (Wildman–Crippen MR) is 82.7 cm³/mol. The van der Waals surface area contributed by atoms with Crippen LogP contribution in [0.15, 0.2) is 0 Å². The van der Waals surface area contributed by atoms with Gasteiger partial charge in [0, 0.05) is 25.7 Å². The highest BCUT2D eigenvalue weighted by Gasteiger charge is 2.29. The average molecular weight is 312 g/mol. The fourth-order valence-electron chi connectivity index (χ4n) is 3.30. The number of rotatable bonds is 4. The first-order chi connectivity index (χ1) is 10.5. The van der Waals surface area contributed by atoms with Crippen LogP contribution in [0.25, 0.3) is 0 Å². The molecule has 2 aliphatic heterocycles. The number of hydrogen-bond donors (Lipinski definition) is 2. The Kier molecular flexibility index (Phi) is 6.06. The molecule has 2 aliphatic rings. The average Bonchev–Trinajstić information content (AvgIpc) is 2.47. The second-order valence-corrected chi connectivity index (χ2v) is 6.89. The van der Waals surface area contributed by atoms with Crippen LogP contribution in [0.3, 0.4) is 0 Å². The number of urea groups is 1. The van der Waals surface area contributed by atoms with Crippen molar-refractivity contribution in [2.24, 2.45) is 11.8 Å². The standard InChI is InChI=1S/C16H28N2O4/c1-11(2)9-14-10-13(5-8-22-14)17-16(21)18-6-3-12(4-7-18)15(19)20/h11-14H,3-10H2,1-2H3,(H,17,21)(H,19,20). The first kappa shape index (κ1) is 17.1. The van der Waals surface area contributed by atoms with E-state index >= 15 is 0 Å². The van der Waals surface area contributed by atoms with Crippen molar-refractivity contribution in [3.8, 4) is 0 Å². The molecule has 2 N–H and O–H groups in total. The molecular formula is C16H28N2O4. The molecule has 0 radical (unpaired) electrons. The third-order valence-electron chi connectivity index (χ3n) is 4.56. The number of likely N-dealkylation sites (tertiary alicyclic amines) is 1. The van der Waals surface area contributed by atoms with Crippen molar-refractivity contribution in [1.29, 1.82) is 0 Å². The molecular weight excluding hydrogens is 284 g/mol. The molecule has 0 spiro atoms. The minimum absolute atomic E-state index is 0.0564. The van der Waals surface area contributed by atoms with Crippen molar-refractivity contribution in [3.05, 3.63) is 0 Å². The minimum Gasteiger partial charge on any atom is -0.481 e. The molecule has 126 valence electrons. The zero-order chi connectivity index (χ0) is 16.1. The van der Waals surface area contributed by atoms with Gasteiger partial charge >= 0.3 is 12.0 Å². The van der Waals surface area contributed by atoms with E-state index in [0.29, 0.717) is 38.5 Å². The first-order valence-corrected chi connectivity index (χ1v) is 8.35. The zero-order valence-electron chi connectivity index (χ0n) is 13.6. The van der Waals surface area contributed by atoms with Crippen molar-refractivity contribution in [1.82, 2.24) is 10.2 Å². The molecule has 6 heteroatoms. The summed E-state index contributed by atoms with van der Waals surface area (Å²) in [7, 11) is 0. The lowest BCUT2D eigenvalue weighted by atomic mass is 9.96. The van der Waals surface area contributed by atoms with Crippen LogP contribution in [0, 0.1) is 11.8 Å². The lowest BCUT2D eigenvalue weighted by molar-refractivity contribution is -0.143. The Labute approximate surface area is 132 Å². The van der Waals surface area contributed by atoms with Crippen LogP contribution >= 0.6 is 0 Å². The van der Waals surface area contributed by atoms with Crippen LogP contribution < -0.4 is 5.32 Å². The topological polar surface area (TPSA) is 78.9 Å². The van der Waals surface area contributed by atoms with Gasteiger partial charge in [-0.3, -0.25) is 4.79 Å². The van der Waals surface area contributed by atoms with Gasteiger partial charge in [-0.2, -0.15) is 0 Å². The summed E-state index contributed by atoms with van der Waals surface area (Å²) in [5, 5.41) is 12.1. The molecule has 0 aromatic rings. The monoisotopic (exact) mass is 312 g/mol. The second-order valence-electron chi connectivity index (χ2n) is 6.89. The summed E-state index contributed by atoms with van der Waals surface area (Å²) in [4.78, 5) is 25.0. The molecule has 0 saturated carbocycles. The largest absolute Gasteiger partial charge is 0.481 e. The third-order valence-corrected chi connectivity index (χ3v) is 4.56. The maximum Gasteiger partial charge on any atom is 0.317 e. The maximum absolute atomic E-state index is 12.3. The summed E-state index contributed by atoms with van der Waals surface area (Å²) in [6, 6.07) is 0.112. The maximum atomic E-state index is 12.3. The van der Waals surface area contributed by atoms with Crippen LogP contribution in [0.1, 0.15) is 46.0 Å². The van der Waals surface area contributed by atoms with Crippen molar-refractivity contribution < 1.29 is 19.4 Å². The summed E-state index contributed by atoms with van der Waals surface area (Å²) in [6.07, 6.45) is 4.08. The minimum atomic E-state index is -0.749. The number of nitrogens with zero attached hydrogens (tertiary/aromatic N) is 1. The summed E-state index contributed by atoms with van der Waals surface area (Å²) in [5.74, 6) is -0.460. The number of carboxylic acid groups (broad SMARTS) is 1. The summed E-state index contributed by atoms with van der Waals surface area (Å²) >= 11 is 0. The van der Waals surface area contributed by atoms with E-state index in [9.17, 15) is 9.59 Å². The Morgan fingerprint density at radius 1 is 1.27 bits per heavy atom. The van der Waals surface area contributed by atoms with E-state index in [0.717, 1.165) is 19.3 Å². The SMILES string of the molecule is CC(C)CC1CC(NC(=O)N2CCC(C(=O)O)CC2)CCO1. The Bertz CT molecular complexity index is 392. The Morgan fingerprint density at radius 3 is 2.55 bits per heavy atom. The number of aliphatic carboxylic acids is 1. The Morgan fingerprint density at radius 2 is 1.95 bits per heavy atom. The highest BCUT2D eigenvalue weighted by molar-refractivity contribution is 5.75. The number of carboxylic acids is 1. The number of carbonyl (C=O) groups is 2. The van der Waals surface area contributed by atoms with Gasteiger partial charge in [0.05, 0.1) is 12.0 Å². The van der Waals surface area contributed by atoms with Crippen LogP contribution in [0.4, 0.5) is 4.79 Å². The Balaban J connectivity index is 1.76. The molecule has 0 aromatic carbocycles. The van der Waals surface area contributed by atoms with E-state index in [1.54, 1.807) is 4.90 Å². The van der Waals surface area contributed by atoms with E-state index < -0.39 is 5.97 Å². The van der Waals surface area contributed by atoms with Crippen LogP contribution in [0.5, 0.6) is 0 Å². The third kappa shape index (κ3) is 4.87. The number of hydrogen-bond acceptors (Lipinski definition) is 3. The molecule has 2 heterocycles.